The van der Waals surface area contributed by atoms with Crippen LogP contribution < -0.4 is 10.3 Å². The minimum Gasteiger partial charge on any atom is -0.340 e. The third-order valence-electron chi connectivity index (χ3n) is 6.57. The van der Waals surface area contributed by atoms with E-state index in [0.29, 0.717) is 15.0 Å². The largest absolute Gasteiger partial charge is 0.340 e. The summed E-state index contributed by atoms with van der Waals surface area (Å²) in [5.41, 5.74) is 4.73. The number of hydrogen-bond acceptors (Lipinski definition) is 5. The molecule has 3 heterocycles. The van der Waals surface area contributed by atoms with E-state index >= 15 is 0 Å². The molecule has 2 aliphatic rings. The van der Waals surface area contributed by atoms with Crippen LogP contribution in [0.5, 0.6) is 0 Å². The molecule has 3 aromatic rings. The van der Waals surface area contributed by atoms with E-state index in [4.69, 9.17) is 7.85 Å². The van der Waals surface area contributed by atoms with Crippen molar-refractivity contribution in [3.05, 3.63) is 57.6 Å². The summed E-state index contributed by atoms with van der Waals surface area (Å²) in [6, 6.07) is 8.66. The van der Waals surface area contributed by atoms with E-state index in [1.165, 1.54) is 28.0 Å². The third-order valence-corrected chi connectivity index (χ3v) is 7.51. The van der Waals surface area contributed by atoms with Crippen molar-refractivity contribution in [2.75, 3.05) is 26.2 Å². The molecule has 31 heavy (non-hydrogen) atoms. The van der Waals surface area contributed by atoms with Crippen LogP contribution >= 0.6 is 11.3 Å². The normalized spacial score (nSPS) is 19.5. The van der Waals surface area contributed by atoms with E-state index in [2.05, 4.69) is 28.1 Å². The first kappa shape index (κ1) is 20.5. The van der Waals surface area contributed by atoms with Crippen LogP contribution in [0.25, 0.3) is 10.2 Å². The van der Waals surface area contributed by atoms with Gasteiger partial charge in [0.15, 0.2) is 0 Å². The lowest BCUT2D eigenvalue weighted by atomic mass is 9.87. The molecule has 0 saturated carbocycles. The molecule has 0 unspecified atom stereocenters. The van der Waals surface area contributed by atoms with Gasteiger partial charge in [0, 0.05) is 45.7 Å². The summed E-state index contributed by atoms with van der Waals surface area (Å²) in [4.78, 5) is 33.2. The Balaban J connectivity index is 1.29. The van der Waals surface area contributed by atoms with Gasteiger partial charge in [-0.1, -0.05) is 18.2 Å². The van der Waals surface area contributed by atoms with Crippen molar-refractivity contribution in [2.24, 2.45) is 0 Å². The number of benzene rings is 1. The highest BCUT2D eigenvalue weighted by Gasteiger charge is 2.23. The van der Waals surface area contributed by atoms with E-state index in [1.807, 2.05) is 4.90 Å². The van der Waals surface area contributed by atoms with Crippen molar-refractivity contribution < 1.29 is 4.79 Å². The van der Waals surface area contributed by atoms with Crippen LogP contribution in [0.3, 0.4) is 0 Å². The Kier molecular flexibility index (Phi) is 5.44. The Labute approximate surface area is 186 Å². The Morgan fingerprint density at radius 2 is 2.00 bits per heavy atom. The summed E-state index contributed by atoms with van der Waals surface area (Å²) in [6.07, 6.45) is 4.42. The molecule has 1 fully saturated rings. The van der Waals surface area contributed by atoms with Gasteiger partial charge in [0.2, 0.25) is 5.91 Å². The van der Waals surface area contributed by atoms with Gasteiger partial charge in [-0.3, -0.25) is 19.1 Å². The van der Waals surface area contributed by atoms with Crippen molar-refractivity contribution in [1.29, 1.82) is 0 Å². The maximum atomic E-state index is 12.9. The van der Waals surface area contributed by atoms with Crippen LogP contribution in [-0.2, 0) is 24.2 Å². The molecule has 1 saturated heterocycles. The molecule has 0 N–H and O–H groups in total. The van der Waals surface area contributed by atoms with E-state index in [1.54, 1.807) is 23.9 Å². The SMILES string of the molecule is [B]c1cc2ncn([C@H]3CCc4cc(CN5CCN(C(C)=O)CC5)ccc4C3)c(=O)c2s1. The summed E-state index contributed by atoms with van der Waals surface area (Å²) in [5.74, 6) is 0.166. The third kappa shape index (κ3) is 4.06. The molecule has 1 amide bonds. The van der Waals surface area contributed by atoms with Gasteiger partial charge in [-0.2, -0.15) is 0 Å². The van der Waals surface area contributed by atoms with E-state index in [0.717, 1.165) is 52.0 Å². The highest BCUT2D eigenvalue weighted by atomic mass is 32.1. The Hall–Kier alpha value is -2.45. The van der Waals surface area contributed by atoms with Crippen LogP contribution in [0, 0.1) is 0 Å². The van der Waals surface area contributed by atoms with Gasteiger partial charge in [0.05, 0.1) is 11.8 Å². The fraction of sp³-hybridized carbons (Fsp3) is 0.435. The highest BCUT2D eigenvalue weighted by Crippen LogP contribution is 2.29. The molecule has 158 valence electrons. The number of thiophene rings is 1. The zero-order valence-electron chi connectivity index (χ0n) is 17.7. The molecule has 0 spiro atoms. The van der Waals surface area contributed by atoms with Gasteiger partial charge in [-0.25, -0.2) is 4.98 Å². The number of amides is 1. The minimum atomic E-state index is 0.0153. The van der Waals surface area contributed by atoms with Gasteiger partial charge in [-0.05, 0) is 46.8 Å². The molecule has 1 aliphatic carbocycles. The summed E-state index contributed by atoms with van der Waals surface area (Å²) in [6.45, 7) is 6.03. The second-order valence-electron chi connectivity index (χ2n) is 8.60. The predicted octanol–water partition coefficient (Wildman–Crippen LogP) is 1.65. The number of piperazine rings is 1. The van der Waals surface area contributed by atoms with Crippen LogP contribution in [0.15, 0.2) is 35.4 Å². The first-order chi connectivity index (χ1) is 15.0. The summed E-state index contributed by atoms with van der Waals surface area (Å²) in [7, 11) is 5.86. The Morgan fingerprint density at radius 3 is 2.77 bits per heavy atom. The monoisotopic (exact) mass is 432 g/mol. The molecular weight excluding hydrogens is 407 g/mol. The molecular formula is C23H25BN4O2S. The fourth-order valence-electron chi connectivity index (χ4n) is 4.81. The highest BCUT2D eigenvalue weighted by molar-refractivity contribution is 7.26. The number of fused-ring (bicyclic) bond motifs is 2. The number of carbonyl (C=O) groups excluding carboxylic acids is 1. The fourth-order valence-corrected chi connectivity index (χ4v) is 5.62. The summed E-state index contributed by atoms with van der Waals surface area (Å²) in [5, 5.41) is 0. The average molecular weight is 432 g/mol. The van der Waals surface area contributed by atoms with E-state index < -0.39 is 0 Å². The van der Waals surface area contributed by atoms with Gasteiger partial charge in [0.1, 0.15) is 12.5 Å². The standard InChI is InChI=1S/C23H25BN4O2S/c1-15(29)27-8-6-26(7-9-27)13-16-2-3-18-11-19(5-4-17(18)10-16)28-14-25-20-12-21(24)31-22(20)23(28)30/h2-3,10,12,14,19H,4-9,11,13H2,1H3/t19-/m0/s1. The van der Waals surface area contributed by atoms with Gasteiger partial charge >= 0.3 is 0 Å². The second-order valence-corrected chi connectivity index (χ2v) is 9.69. The molecule has 1 atom stereocenters. The van der Waals surface area contributed by atoms with Crippen molar-refractivity contribution in [2.45, 2.75) is 38.8 Å². The molecule has 1 aliphatic heterocycles. The molecule has 2 radical (unpaired) electrons. The smallest absolute Gasteiger partial charge is 0.271 e. The molecule has 2 aromatic heterocycles. The van der Waals surface area contributed by atoms with E-state index in [9.17, 15) is 9.59 Å². The van der Waals surface area contributed by atoms with Crippen LogP contribution in [0.1, 0.15) is 36.1 Å². The van der Waals surface area contributed by atoms with Crippen molar-refractivity contribution in [3.63, 3.8) is 0 Å². The Bertz CT molecular complexity index is 1200. The second kappa shape index (κ2) is 8.24. The quantitative estimate of drug-likeness (QED) is 0.591. The lowest BCUT2D eigenvalue weighted by Crippen LogP contribution is -2.47. The average Bonchev–Trinajstić information content (AvgIpc) is 3.15. The lowest BCUT2D eigenvalue weighted by molar-refractivity contribution is -0.130. The van der Waals surface area contributed by atoms with Crippen molar-refractivity contribution in [1.82, 2.24) is 19.4 Å². The number of rotatable bonds is 3. The topological polar surface area (TPSA) is 58.4 Å². The Morgan fingerprint density at radius 1 is 1.19 bits per heavy atom. The number of aromatic nitrogens is 2. The molecule has 8 heteroatoms. The lowest BCUT2D eigenvalue weighted by Gasteiger charge is -2.34. The van der Waals surface area contributed by atoms with Crippen molar-refractivity contribution >= 4 is 40.1 Å². The van der Waals surface area contributed by atoms with Crippen LogP contribution in [0.4, 0.5) is 0 Å². The summed E-state index contributed by atoms with van der Waals surface area (Å²) >= 11 is 1.32. The number of carbonyl (C=O) groups is 1. The maximum Gasteiger partial charge on any atom is 0.271 e. The zero-order valence-corrected chi connectivity index (χ0v) is 18.5. The number of nitrogens with zero attached hydrogens (tertiary/aromatic N) is 4. The predicted molar refractivity (Wildman–Crippen MR) is 124 cm³/mol. The van der Waals surface area contributed by atoms with E-state index in [-0.39, 0.29) is 17.5 Å². The maximum absolute atomic E-state index is 12.9. The van der Waals surface area contributed by atoms with Crippen molar-refractivity contribution in [3.8, 4) is 0 Å². The van der Waals surface area contributed by atoms with Gasteiger partial charge in [-0.15, -0.1) is 11.3 Å². The van der Waals surface area contributed by atoms with Gasteiger partial charge < -0.3 is 4.90 Å². The zero-order chi connectivity index (χ0) is 21.5. The number of aryl methyl sites for hydroxylation is 1. The molecule has 5 rings (SSSR count). The first-order valence-corrected chi connectivity index (χ1v) is 11.6. The van der Waals surface area contributed by atoms with Crippen LogP contribution in [-0.4, -0.2) is 59.3 Å². The molecule has 0 bridgehead atoms. The first-order valence-electron chi connectivity index (χ1n) is 10.8. The molecule has 6 nitrogen and oxygen atoms in total. The number of hydrogen-bond donors (Lipinski definition) is 0. The molecule has 1 aromatic carbocycles. The van der Waals surface area contributed by atoms with Crippen LogP contribution in [0.2, 0.25) is 0 Å². The van der Waals surface area contributed by atoms with Gasteiger partial charge in [0.25, 0.3) is 5.56 Å². The minimum absolute atomic E-state index is 0.0153. The summed E-state index contributed by atoms with van der Waals surface area (Å²) < 4.78 is 3.07.